The number of hydrogen-bond donors (Lipinski definition) is 1. The van der Waals surface area contributed by atoms with Crippen molar-refractivity contribution in [2.75, 3.05) is 0 Å². The average molecular weight is 571 g/mol. The number of esters is 1. The van der Waals surface area contributed by atoms with Crippen molar-refractivity contribution in [3.8, 4) is 17.2 Å². The summed E-state index contributed by atoms with van der Waals surface area (Å²) in [4.78, 5) is 23.2. The second kappa shape index (κ2) is 10.9. The predicted molar refractivity (Wildman–Crippen MR) is 138 cm³/mol. The molecule has 0 aliphatic heterocycles. The fourth-order valence-electron chi connectivity index (χ4n) is 3.20. The Kier molecular flexibility index (Phi) is 7.69. The standard InChI is InChI=1S/C25H20BrN2O7P/c1-17(25(29)33-24-11-6-18-4-2-3-5-19(18)16-24)27-36(32,34-22-12-7-20(26)8-13-22)35-23-14-9-21(10-15-23)28(30)31/h2-17H,1H3,(H,27,32)/t17-,36?/m0/s1. The number of rotatable bonds is 9. The number of non-ortho nitro benzene ring substituents is 1. The van der Waals surface area contributed by atoms with Crippen LogP contribution < -0.4 is 18.9 Å². The zero-order chi connectivity index (χ0) is 25.7. The molecule has 0 aliphatic rings. The summed E-state index contributed by atoms with van der Waals surface area (Å²) in [5, 5.41) is 15.4. The van der Waals surface area contributed by atoms with Crippen molar-refractivity contribution in [2.45, 2.75) is 13.0 Å². The van der Waals surface area contributed by atoms with Crippen LogP contribution in [-0.2, 0) is 9.36 Å². The van der Waals surface area contributed by atoms with Crippen LogP contribution in [0.15, 0.2) is 95.5 Å². The van der Waals surface area contributed by atoms with Crippen LogP contribution in [0, 0.1) is 10.1 Å². The van der Waals surface area contributed by atoms with Gasteiger partial charge in [-0.05, 0) is 66.2 Å². The van der Waals surface area contributed by atoms with Gasteiger partial charge >= 0.3 is 13.7 Å². The van der Waals surface area contributed by atoms with Gasteiger partial charge in [0.05, 0.1) is 4.92 Å². The predicted octanol–water partition coefficient (Wildman–Crippen LogP) is 6.66. The van der Waals surface area contributed by atoms with Crippen molar-refractivity contribution in [3.63, 3.8) is 0 Å². The minimum Gasteiger partial charge on any atom is -0.425 e. The van der Waals surface area contributed by atoms with Crippen LogP contribution in [0.2, 0.25) is 0 Å². The molecule has 0 bridgehead atoms. The van der Waals surface area contributed by atoms with E-state index >= 15 is 0 Å². The molecule has 36 heavy (non-hydrogen) atoms. The highest BCUT2D eigenvalue weighted by molar-refractivity contribution is 9.10. The minimum absolute atomic E-state index is 0.0450. The van der Waals surface area contributed by atoms with Gasteiger partial charge in [-0.2, -0.15) is 5.09 Å². The van der Waals surface area contributed by atoms with Crippen LogP contribution in [0.1, 0.15) is 6.92 Å². The number of benzene rings is 4. The molecule has 0 saturated heterocycles. The first-order chi connectivity index (χ1) is 17.2. The SMILES string of the molecule is C[C@H](NP(=O)(Oc1ccc(Br)cc1)Oc1ccc([N+](=O)[O-])cc1)C(=O)Oc1ccc2ccccc2c1. The van der Waals surface area contributed by atoms with Gasteiger partial charge in [0.15, 0.2) is 0 Å². The fourth-order valence-corrected chi connectivity index (χ4v) is 4.98. The molecule has 1 unspecified atom stereocenters. The van der Waals surface area contributed by atoms with Crippen LogP contribution >= 0.6 is 23.7 Å². The van der Waals surface area contributed by atoms with E-state index in [9.17, 15) is 19.5 Å². The second-order valence-electron chi connectivity index (χ2n) is 7.67. The molecule has 1 N–H and O–H groups in total. The second-order valence-corrected chi connectivity index (χ2v) is 10.2. The van der Waals surface area contributed by atoms with Crippen molar-refractivity contribution < 1.29 is 28.1 Å². The first kappa shape index (κ1) is 25.4. The van der Waals surface area contributed by atoms with Gasteiger partial charge in [-0.25, -0.2) is 9.36 Å². The first-order valence-electron chi connectivity index (χ1n) is 10.7. The third-order valence-electron chi connectivity index (χ3n) is 4.96. The Labute approximate surface area is 214 Å². The summed E-state index contributed by atoms with van der Waals surface area (Å²) in [6.07, 6.45) is 0. The molecule has 9 nitrogen and oxygen atoms in total. The number of halogens is 1. The molecule has 184 valence electrons. The van der Waals surface area contributed by atoms with E-state index in [0.29, 0.717) is 5.75 Å². The Bertz CT molecular complexity index is 1450. The lowest BCUT2D eigenvalue weighted by Gasteiger charge is -2.23. The molecule has 4 rings (SSSR count). The van der Waals surface area contributed by atoms with Gasteiger partial charge in [0, 0.05) is 16.6 Å². The lowest BCUT2D eigenvalue weighted by Crippen LogP contribution is -2.37. The number of nitrogens with one attached hydrogen (secondary N) is 1. The molecule has 0 spiro atoms. The maximum Gasteiger partial charge on any atom is 0.513 e. The summed E-state index contributed by atoms with van der Waals surface area (Å²) in [7, 11) is -4.21. The molecule has 0 aliphatic carbocycles. The van der Waals surface area contributed by atoms with Crippen molar-refractivity contribution in [1.82, 2.24) is 5.09 Å². The molecule has 4 aromatic carbocycles. The number of fused-ring (bicyclic) bond motifs is 1. The summed E-state index contributed by atoms with van der Waals surface area (Å²) in [6.45, 7) is 1.46. The molecule has 0 amide bonds. The molecular formula is C25H20BrN2O7P. The Morgan fingerprint density at radius 3 is 2.06 bits per heavy atom. The van der Waals surface area contributed by atoms with Gasteiger partial charge in [-0.1, -0.05) is 46.3 Å². The summed E-state index contributed by atoms with van der Waals surface area (Å²) < 4.78 is 31.1. The number of nitrogens with zero attached hydrogens (tertiary/aromatic N) is 1. The van der Waals surface area contributed by atoms with Crippen molar-refractivity contribution in [3.05, 3.63) is 106 Å². The number of hydrogen-bond acceptors (Lipinski definition) is 7. The number of carbonyl (C=O) groups is 1. The zero-order valence-electron chi connectivity index (χ0n) is 18.9. The molecular weight excluding hydrogens is 551 g/mol. The summed E-state index contributed by atoms with van der Waals surface area (Å²) in [5.41, 5.74) is -0.161. The monoisotopic (exact) mass is 570 g/mol. The highest BCUT2D eigenvalue weighted by Gasteiger charge is 2.34. The summed E-state index contributed by atoms with van der Waals surface area (Å²) >= 11 is 3.32. The topological polar surface area (TPSA) is 117 Å². The Balaban J connectivity index is 1.53. The van der Waals surface area contributed by atoms with Crippen molar-refractivity contribution in [2.24, 2.45) is 0 Å². The van der Waals surface area contributed by atoms with Gasteiger partial charge in [-0.3, -0.25) is 10.1 Å². The lowest BCUT2D eigenvalue weighted by atomic mass is 10.1. The van der Waals surface area contributed by atoms with Crippen LogP contribution in [-0.4, -0.2) is 16.9 Å². The smallest absolute Gasteiger partial charge is 0.425 e. The lowest BCUT2D eigenvalue weighted by molar-refractivity contribution is -0.384. The van der Waals surface area contributed by atoms with E-state index in [-0.39, 0.29) is 17.2 Å². The molecule has 0 aromatic heterocycles. The first-order valence-corrected chi connectivity index (χ1v) is 13.0. The van der Waals surface area contributed by atoms with Gasteiger partial charge in [0.1, 0.15) is 23.3 Å². The molecule has 4 aromatic rings. The Morgan fingerprint density at radius 1 is 0.889 bits per heavy atom. The molecule has 0 radical (unpaired) electrons. The van der Waals surface area contributed by atoms with Gasteiger partial charge in [0.2, 0.25) is 0 Å². The highest BCUT2D eigenvalue weighted by atomic mass is 79.9. The molecule has 0 heterocycles. The Hall–Kier alpha value is -3.72. The maximum absolute atomic E-state index is 13.7. The van der Waals surface area contributed by atoms with E-state index in [0.717, 1.165) is 15.2 Å². The van der Waals surface area contributed by atoms with Crippen molar-refractivity contribution in [1.29, 1.82) is 0 Å². The summed E-state index contributed by atoms with van der Waals surface area (Å²) in [5.74, 6) is -0.126. The third kappa shape index (κ3) is 6.48. The number of nitro groups is 1. The molecule has 11 heteroatoms. The largest absolute Gasteiger partial charge is 0.513 e. The van der Waals surface area contributed by atoms with Crippen LogP contribution in [0.3, 0.4) is 0 Å². The summed E-state index contributed by atoms with van der Waals surface area (Å²) in [6, 6.07) is 23.2. The molecule has 0 fully saturated rings. The minimum atomic E-state index is -4.21. The van der Waals surface area contributed by atoms with E-state index in [4.69, 9.17) is 13.8 Å². The van der Waals surface area contributed by atoms with Gasteiger partial charge < -0.3 is 13.8 Å². The Morgan fingerprint density at radius 2 is 1.44 bits per heavy atom. The van der Waals surface area contributed by atoms with Gasteiger partial charge in [0.25, 0.3) is 5.69 Å². The van der Waals surface area contributed by atoms with Crippen LogP contribution in [0.4, 0.5) is 5.69 Å². The highest BCUT2D eigenvalue weighted by Crippen LogP contribution is 2.45. The van der Waals surface area contributed by atoms with Gasteiger partial charge in [-0.15, -0.1) is 0 Å². The van der Waals surface area contributed by atoms with E-state index in [1.807, 2.05) is 30.3 Å². The van der Waals surface area contributed by atoms with E-state index in [2.05, 4.69) is 21.0 Å². The van der Waals surface area contributed by atoms with Crippen LogP contribution in [0.25, 0.3) is 10.8 Å². The van der Waals surface area contributed by atoms with E-state index in [1.54, 1.807) is 36.4 Å². The average Bonchev–Trinajstić information content (AvgIpc) is 2.85. The normalized spacial score (nSPS) is 13.4. The third-order valence-corrected chi connectivity index (χ3v) is 7.09. The number of nitro benzene ring substituents is 1. The van der Waals surface area contributed by atoms with E-state index < -0.39 is 24.7 Å². The zero-order valence-corrected chi connectivity index (χ0v) is 21.3. The molecule has 2 atom stereocenters. The maximum atomic E-state index is 13.7. The van der Waals surface area contributed by atoms with Crippen LogP contribution in [0.5, 0.6) is 17.2 Å². The fraction of sp³-hybridized carbons (Fsp3) is 0.0800. The quantitative estimate of drug-likeness (QED) is 0.0780. The molecule has 0 saturated carbocycles. The van der Waals surface area contributed by atoms with E-state index in [1.165, 1.54) is 31.2 Å². The van der Waals surface area contributed by atoms with Crippen molar-refractivity contribution >= 4 is 46.1 Å². The number of ether oxygens (including phenoxy) is 1. The number of carbonyl (C=O) groups excluding carboxylic acids is 1.